The summed E-state index contributed by atoms with van der Waals surface area (Å²) < 4.78 is 1.09. The van der Waals surface area contributed by atoms with E-state index in [1.165, 1.54) is 0 Å². The van der Waals surface area contributed by atoms with Gasteiger partial charge in [-0.1, -0.05) is 13.3 Å². The predicted octanol–water partition coefficient (Wildman–Crippen LogP) is 3.84. The second-order valence-corrected chi connectivity index (χ2v) is 5.56. The van der Waals surface area contributed by atoms with E-state index in [1.807, 2.05) is 12.1 Å². The number of phenols is 1. The first-order chi connectivity index (χ1) is 9.65. The van der Waals surface area contributed by atoms with Crippen LogP contribution in [0.3, 0.4) is 0 Å². The van der Waals surface area contributed by atoms with Crippen molar-refractivity contribution in [3.63, 3.8) is 0 Å². The van der Waals surface area contributed by atoms with Crippen molar-refractivity contribution in [1.82, 2.24) is 9.97 Å². The third kappa shape index (κ3) is 3.39. The first-order valence-electron chi connectivity index (χ1n) is 6.75. The highest BCUT2D eigenvalue weighted by Crippen LogP contribution is 2.25. The van der Waals surface area contributed by atoms with Gasteiger partial charge in [-0.3, -0.25) is 0 Å². The summed E-state index contributed by atoms with van der Waals surface area (Å²) in [7, 11) is 0. The number of halogens is 1. The Balaban J connectivity index is 2.49. The summed E-state index contributed by atoms with van der Waals surface area (Å²) in [5.41, 5.74) is 1.98. The van der Waals surface area contributed by atoms with Gasteiger partial charge < -0.3 is 10.4 Å². The van der Waals surface area contributed by atoms with Crippen molar-refractivity contribution in [3.05, 3.63) is 33.5 Å². The molecule has 20 heavy (non-hydrogen) atoms. The molecule has 0 aliphatic heterocycles. The topological polar surface area (TPSA) is 58.0 Å². The highest BCUT2D eigenvalue weighted by Gasteiger charge is 2.12. The SMILES string of the molecule is CCCc1nc(-c2ccc(O)cc2)nc(NCC)c1I. The van der Waals surface area contributed by atoms with Gasteiger partial charge in [0.05, 0.1) is 9.26 Å². The number of hydrogen-bond acceptors (Lipinski definition) is 4. The van der Waals surface area contributed by atoms with Gasteiger partial charge in [-0.15, -0.1) is 0 Å². The monoisotopic (exact) mass is 383 g/mol. The van der Waals surface area contributed by atoms with Crippen LogP contribution < -0.4 is 5.32 Å². The lowest BCUT2D eigenvalue weighted by molar-refractivity contribution is 0.475. The second-order valence-electron chi connectivity index (χ2n) is 4.48. The van der Waals surface area contributed by atoms with Crippen LogP contribution in [-0.2, 0) is 6.42 Å². The first-order valence-corrected chi connectivity index (χ1v) is 7.83. The van der Waals surface area contributed by atoms with Gasteiger partial charge in [0.15, 0.2) is 5.82 Å². The lowest BCUT2D eigenvalue weighted by atomic mass is 10.2. The van der Waals surface area contributed by atoms with Crippen molar-refractivity contribution in [3.8, 4) is 17.1 Å². The molecule has 0 aliphatic carbocycles. The maximum Gasteiger partial charge on any atom is 0.161 e. The zero-order valence-corrected chi connectivity index (χ0v) is 13.8. The minimum absolute atomic E-state index is 0.250. The van der Waals surface area contributed by atoms with Crippen molar-refractivity contribution in [1.29, 1.82) is 0 Å². The van der Waals surface area contributed by atoms with Crippen LogP contribution in [0.25, 0.3) is 11.4 Å². The number of aryl methyl sites for hydroxylation is 1. The molecule has 0 amide bonds. The number of rotatable bonds is 5. The van der Waals surface area contributed by atoms with Crippen molar-refractivity contribution >= 4 is 28.4 Å². The highest BCUT2D eigenvalue weighted by atomic mass is 127. The van der Waals surface area contributed by atoms with Crippen molar-refractivity contribution in [2.75, 3.05) is 11.9 Å². The number of nitrogens with one attached hydrogen (secondary N) is 1. The van der Waals surface area contributed by atoms with E-state index in [-0.39, 0.29) is 5.75 Å². The largest absolute Gasteiger partial charge is 0.508 e. The van der Waals surface area contributed by atoms with Crippen LogP contribution in [0.2, 0.25) is 0 Å². The molecule has 2 N–H and O–H groups in total. The molecule has 0 atom stereocenters. The van der Waals surface area contributed by atoms with E-state index in [4.69, 9.17) is 0 Å². The van der Waals surface area contributed by atoms with E-state index in [1.54, 1.807) is 12.1 Å². The zero-order chi connectivity index (χ0) is 14.5. The summed E-state index contributed by atoms with van der Waals surface area (Å²) >= 11 is 2.30. The fraction of sp³-hybridized carbons (Fsp3) is 0.333. The molecule has 0 fully saturated rings. The van der Waals surface area contributed by atoms with Gasteiger partial charge >= 0.3 is 0 Å². The van der Waals surface area contributed by atoms with E-state index >= 15 is 0 Å². The molecule has 2 aromatic rings. The maximum absolute atomic E-state index is 9.37. The average molecular weight is 383 g/mol. The number of nitrogens with zero attached hydrogens (tertiary/aromatic N) is 2. The number of hydrogen-bond donors (Lipinski definition) is 2. The van der Waals surface area contributed by atoms with Crippen LogP contribution >= 0.6 is 22.6 Å². The Hall–Kier alpha value is -1.37. The summed E-state index contributed by atoms with van der Waals surface area (Å²) in [5.74, 6) is 1.83. The smallest absolute Gasteiger partial charge is 0.161 e. The Bertz CT molecular complexity index is 557. The van der Waals surface area contributed by atoms with E-state index in [2.05, 4.69) is 51.7 Å². The molecule has 0 aliphatic rings. The lowest BCUT2D eigenvalue weighted by Crippen LogP contribution is -2.08. The van der Waals surface area contributed by atoms with E-state index in [0.717, 1.165) is 40.0 Å². The van der Waals surface area contributed by atoms with Crippen LogP contribution in [0.5, 0.6) is 5.75 Å². The number of aromatic hydroxyl groups is 1. The van der Waals surface area contributed by atoms with Crippen LogP contribution in [0.1, 0.15) is 26.0 Å². The number of anilines is 1. The molecule has 4 nitrogen and oxygen atoms in total. The van der Waals surface area contributed by atoms with Gasteiger partial charge in [-0.2, -0.15) is 0 Å². The predicted molar refractivity (Wildman–Crippen MR) is 90.0 cm³/mol. The molecule has 0 unspecified atom stereocenters. The molecule has 1 aromatic heterocycles. The Morgan fingerprint density at radius 3 is 2.45 bits per heavy atom. The minimum Gasteiger partial charge on any atom is -0.508 e. The molecule has 0 spiro atoms. The summed E-state index contributed by atoms with van der Waals surface area (Å²) in [4.78, 5) is 9.26. The molecule has 106 valence electrons. The Labute approximate surface area is 132 Å². The normalized spacial score (nSPS) is 10.6. The summed E-state index contributed by atoms with van der Waals surface area (Å²) in [6.45, 7) is 5.02. The molecule has 0 bridgehead atoms. The van der Waals surface area contributed by atoms with Gasteiger partial charge in [0.25, 0.3) is 0 Å². The lowest BCUT2D eigenvalue weighted by Gasteiger charge is -2.12. The van der Waals surface area contributed by atoms with Crippen molar-refractivity contribution in [2.45, 2.75) is 26.7 Å². The van der Waals surface area contributed by atoms with Gasteiger partial charge in [0.2, 0.25) is 0 Å². The van der Waals surface area contributed by atoms with Crippen LogP contribution in [-0.4, -0.2) is 21.6 Å². The van der Waals surface area contributed by atoms with Crippen molar-refractivity contribution in [2.24, 2.45) is 0 Å². The van der Waals surface area contributed by atoms with Gasteiger partial charge in [-0.25, -0.2) is 9.97 Å². The standard InChI is InChI=1S/C15H18IN3O/c1-3-5-12-13(16)15(17-4-2)19-14(18-12)10-6-8-11(20)9-7-10/h6-9,20H,3-5H2,1-2H3,(H,17,18,19). The van der Waals surface area contributed by atoms with E-state index in [0.29, 0.717) is 5.82 Å². The summed E-state index contributed by atoms with van der Waals surface area (Å²) in [6.07, 6.45) is 1.98. The molecule has 2 rings (SSSR count). The van der Waals surface area contributed by atoms with Gasteiger partial charge in [-0.05, 0) is 60.2 Å². The molecule has 0 saturated carbocycles. The fourth-order valence-corrected chi connectivity index (χ4v) is 2.62. The molecule has 5 heteroatoms. The molecule has 1 heterocycles. The Morgan fingerprint density at radius 2 is 1.85 bits per heavy atom. The first kappa shape index (κ1) is 15.0. The number of phenolic OH excluding ortho intramolecular Hbond substituents is 1. The molecule has 0 radical (unpaired) electrons. The van der Waals surface area contributed by atoms with Crippen molar-refractivity contribution < 1.29 is 5.11 Å². The summed E-state index contributed by atoms with van der Waals surface area (Å²) in [6, 6.07) is 6.98. The van der Waals surface area contributed by atoms with Gasteiger partial charge in [0, 0.05) is 12.1 Å². The third-order valence-electron chi connectivity index (χ3n) is 2.88. The molecular formula is C15H18IN3O. The summed E-state index contributed by atoms with van der Waals surface area (Å²) in [5, 5.41) is 12.7. The Morgan fingerprint density at radius 1 is 1.15 bits per heavy atom. The van der Waals surface area contributed by atoms with Crippen LogP contribution in [0.4, 0.5) is 5.82 Å². The molecular weight excluding hydrogens is 365 g/mol. The van der Waals surface area contributed by atoms with E-state index in [9.17, 15) is 5.11 Å². The average Bonchev–Trinajstić information content (AvgIpc) is 2.44. The van der Waals surface area contributed by atoms with Crippen LogP contribution in [0, 0.1) is 3.57 Å². The van der Waals surface area contributed by atoms with Crippen LogP contribution in [0.15, 0.2) is 24.3 Å². The third-order valence-corrected chi connectivity index (χ3v) is 4.01. The fourth-order valence-electron chi connectivity index (χ4n) is 1.92. The Kier molecular flexibility index (Phi) is 5.17. The number of benzene rings is 1. The minimum atomic E-state index is 0.250. The quantitative estimate of drug-likeness (QED) is 0.771. The van der Waals surface area contributed by atoms with E-state index < -0.39 is 0 Å². The zero-order valence-electron chi connectivity index (χ0n) is 11.7. The molecule has 0 saturated heterocycles. The van der Waals surface area contributed by atoms with Gasteiger partial charge in [0.1, 0.15) is 11.6 Å². The molecule has 1 aromatic carbocycles. The second kappa shape index (κ2) is 6.88. The maximum atomic E-state index is 9.37. The number of aromatic nitrogens is 2. The highest BCUT2D eigenvalue weighted by molar-refractivity contribution is 14.1.